The molecule has 0 saturated heterocycles. The number of hydrogen-bond donors (Lipinski definition) is 3. The summed E-state index contributed by atoms with van der Waals surface area (Å²) in [7, 11) is 0. The van der Waals surface area contributed by atoms with Crippen molar-refractivity contribution in [2.75, 3.05) is 6.61 Å². The van der Waals surface area contributed by atoms with Crippen LogP contribution in [0.2, 0.25) is 0 Å². The smallest absolute Gasteiger partial charge is 0.408 e. The molecule has 2 saturated carbocycles. The summed E-state index contributed by atoms with van der Waals surface area (Å²) >= 11 is 0. The molecule has 3 aliphatic rings. The number of amides is 2. The van der Waals surface area contributed by atoms with Gasteiger partial charge in [0.15, 0.2) is 0 Å². The Morgan fingerprint density at radius 1 is 1.03 bits per heavy atom. The lowest BCUT2D eigenvalue weighted by molar-refractivity contribution is -0.150. The minimum absolute atomic E-state index is 0.0706. The highest BCUT2D eigenvalue weighted by molar-refractivity contribution is 5.94. The molecule has 0 heterocycles. The number of benzene rings is 2. The molecule has 0 radical (unpaired) electrons. The predicted molar refractivity (Wildman–Crippen MR) is 126 cm³/mol. The van der Waals surface area contributed by atoms with Gasteiger partial charge in [-0.3, -0.25) is 4.79 Å². The standard InChI is InChI=1S/C27H30N2O5/c1-2-22(23(30)31)28-24(32)27(15-26(16-27)12-7-13-26)29-25(33)34-14-21-19-10-5-3-8-17(19)18-9-4-6-11-20(18)21/h3-6,8-11,21-22H,2,7,12-16H2,1H3,(H,28,32)(H,29,33)(H,30,31)/t22-/m1/s1. The average molecular weight is 463 g/mol. The van der Waals surface area contributed by atoms with Gasteiger partial charge in [0.25, 0.3) is 0 Å². The molecule has 0 bridgehead atoms. The Balaban J connectivity index is 1.28. The Hall–Kier alpha value is -3.35. The summed E-state index contributed by atoms with van der Waals surface area (Å²) in [5.74, 6) is -1.59. The number of aliphatic carboxylic acids is 1. The Bertz CT molecular complexity index is 1090. The van der Waals surface area contributed by atoms with E-state index in [1.54, 1.807) is 6.92 Å². The number of carbonyl (C=O) groups is 3. The summed E-state index contributed by atoms with van der Waals surface area (Å²) in [6, 6.07) is 15.2. The molecule has 7 nitrogen and oxygen atoms in total. The van der Waals surface area contributed by atoms with Crippen molar-refractivity contribution in [1.29, 1.82) is 0 Å². The molecule has 34 heavy (non-hydrogen) atoms. The largest absolute Gasteiger partial charge is 0.480 e. The molecular weight excluding hydrogens is 432 g/mol. The van der Waals surface area contributed by atoms with Gasteiger partial charge in [-0.25, -0.2) is 9.59 Å². The van der Waals surface area contributed by atoms with E-state index >= 15 is 0 Å². The first kappa shape index (κ1) is 22.4. The third-order valence-electron chi connectivity index (χ3n) is 7.90. The van der Waals surface area contributed by atoms with Crippen LogP contribution in [0.25, 0.3) is 11.1 Å². The van der Waals surface area contributed by atoms with Gasteiger partial charge in [-0.2, -0.15) is 0 Å². The summed E-state index contributed by atoms with van der Waals surface area (Å²) in [6.45, 7) is 1.87. The van der Waals surface area contributed by atoms with Crippen LogP contribution in [0.15, 0.2) is 48.5 Å². The van der Waals surface area contributed by atoms with Gasteiger partial charge in [-0.1, -0.05) is 61.9 Å². The average Bonchev–Trinajstić information content (AvgIpc) is 3.10. The maximum absolute atomic E-state index is 13.1. The van der Waals surface area contributed by atoms with Crippen molar-refractivity contribution in [2.45, 2.75) is 62.9 Å². The first-order valence-electron chi connectivity index (χ1n) is 12.0. The molecule has 1 spiro atoms. The molecule has 2 aromatic carbocycles. The maximum Gasteiger partial charge on any atom is 0.408 e. The van der Waals surface area contributed by atoms with Crippen molar-refractivity contribution in [3.8, 4) is 11.1 Å². The van der Waals surface area contributed by atoms with Crippen molar-refractivity contribution in [3.63, 3.8) is 0 Å². The van der Waals surface area contributed by atoms with E-state index in [1.807, 2.05) is 24.3 Å². The lowest BCUT2D eigenvalue weighted by atomic mass is 9.48. The van der Waals surface area contributed by atoms with E-state index in [0.717, 1.165) is 41.5 Å². The fourth-order valence-corrected chi connectivity index (χ4v) is 6.03. The van der Waals surface area contributed by atoms with Crippen LogP contribution >= 0.6 is 0 Å². The highest BCUT2D eigenvalue weighted by Crippen LogP contribution is 2.60. The van der Waals surface area contributed by atoms with Crippen LogP contribution in [0.5, 0.6) is 0 Å². The quantitative estimate of drug-likeness (QED) is 0.572. The molecule has 178 valence electrons. The molecule has 3 N–H and O–H groups in total. The molecular formula is C27H30N2O5. The van der Waals surface area contributed by atoms with Crippen molar-refractivity contribution in [3.05, 3.63) is 59.7 Å². The molecule has 5 rings (SSSR count). The molecule has 0 aromatic heterocycles. The van der Waals surface area contributed by atoms with E-state index in [-0.39, 0.29) is 24.4 Å². The Kier molecular flexibility index (Phi) is 5.58. The fraction of sp³-hybridized carbons (Fsp3) is 0.444. The summed E-state index contributed by atoms with van der Waals surface area (Å²) in [5.41, 5.74) is 3.49. The van der Waals surface area contributed by atoms with E-state index in [4.69, 9.17) is 4.74 Å². The van der Waals surface area contributed by atoms with E-state index in [1.165, 1.54) is 0 Å². The van der Waals surface area contributed by atoms with Crippen LogP contribution in [-0.4, -0.2) is 41.3 Å². The second kappa shape index (κ2) is 8.46. The van der Waals surface area contributed by atoms with E-state index in [9.17, 15) is 19.5 Å². The Morgan fingerprint density at radius 2 is 1.62 bits per heavy atom. The van der Waals surface area contributed by atoms with Crippen LogP contribution in [0, 0.1) is 5.41 Å². The number of carboxylic acid groups (broad SMARTS) is 1. The van der Waals surface area contributed by atoms with Crippen LogP contribution < -0.4 is 10.6 Å². The zero-order chi connectivity index (χ0) is 23.9. The van der Waals surface area contributed by atoms with Crippen LogP contribution in [0.1, 0.15) is 62.5 Å². The molecule has 7 heteroatoms. The summed E-state index contributed by atoms with van der Waals surface area (Å²) in [4.78, 5) is 37.5. The minimum Gasteiger partial charge on any atom is -0.480 e. The van der Waals surface area contributed by atoms with Crippen molar-refractivity contribution in [2.24, 2.45) is 5.41 Å². The van der Waals surface area contributed by atoms with E-state index in [0.29, 0.717) is 12.8 Å². The van der Waals surface area contributed by atoms with Crippen molar-refractivity contribution in [1.82, 2.24) is 10.6 Å². The summed E-state index contributed by atoms with van der Waals surface area (Å²) in [5, 5.41) is 14.8. The number of carboxylic acids is 1. The van der Waals surface area contributed by atoms with Gasteiger partial charge < -0.3 is 20.5 Å². The Labute approximate surface area is 198 Å². The number of carbonyl (C=O) groups excluding carboxylic acids is 2. The molecule has 0 aliphatic heterocycles. The van der Waals surface area contributed by atoms with Gasteiger partial charge in [0, 0.05) is 5.92 Å². The second-order valence-corrected chi connectivity index (χ2v) is 10.0. The molecule has 1 atom stereocenters. The molecule has 0 unspecified atom stereocenters. The number of nitrogens with one attached hydrogen (secondary N) is 2. The number of fused-ring (bicyclic) bond motifs is 3. The van der Waals surface area contributed by atoms with Crippen LogP contribution in [0.3, 0.4) is 0 Å². The topological polar surface area (TPSA) is 105 Å². The van der Waals surface area contributed by atoms with Gasteiger partial charge in [0.1, 0.15) is 18.2 Å². The monoisotopic (exact) mass is 462 g/mol. The summed E-state index contributed by atoms with van der Waals surface area (Å²) < 4.78 is 5.67. The van der Waals surface area contributed by atoms with Gasteiger partial charge in [-0.05, 0) is 59.8 Å². The minimum atomic E-state index is -1.12. The first-order valence-corrected chi connectivity index (χ1v) is 12.0. The zero-order valence-electron chi connectivity index (χ0n) is 19.3. The number of alkyl carbamates (subject to hydrolysis) is 1. The molecule has 3 aliphatic carbocycles. The highest BCUT2D eigenvalue weighted by atomic mass is 16.5. The van der Waals surface area contributed by atoms with Crippen LogP contribution in [0.4, 0.5) is 4.79 Å². The Morgan fingerprint density at radius 3 is 2.12 bits per heavy atom. The highest BCUT2D eigenvalue weighted by Gasteiger charge is 2.62. The number of rotatable bonds is 7. The second-order valence-electron chi connectivity index (χ2n) is 10.0. The van der Waals surface area contributed by atoms with Crippen LogP contribution in [-0.2, 0) is 14.3 Å². The van der Waals surface area contributed by atoms with Gasteiger partial charge in [-0.15, -0.1) is 0 Å². The van der Waals surface area contributed by atoms with Gasteiger partial charge >= 0.3 is 12.1 Å². The first-order chi connectivity index (χ1) is 16.4. The predicted octanol–water partition coefficient (Wildman–Crippen LogP) is 4.21. The molecule has 2 amide bonds. The summed E-state index contributed by atoms with van der Waals surface area (Å²) in [6.07, 6.45) is 3.85. The SMILES string of the molecule is CC[C@@H](NC(=O)C1(NC(=O)OCC2c3ccccc3-c3ccccc32)CC2(CCC2)C1)C(=O)O. The number of hydrogen-bond acceptors (Lipinski definition) is 4. The van der Waals surface area contributed by atoms with Gasteiger partial charge in [0.05, 0.1) is 0 Å². The van der Waals surface area contributed by atoms with Crippen molar-refractivity contribution < 1.29 is 24.2 Å². The fourth-order valence-electron chi connectivity index (χ4n) is 6.03. The normalized spacial score (nSPS) is 19.7. The maximum atomic E-state index is 13.1. The molecule has 2 aromatic rings. The van der Waals surface area contributed by atoms with E-state index < -0.39 is 29.6 Å². The third kappa shape index (κ3) is 3.73. The lowest BCUT2D eigenvalue weighted by Crippen LogP contribution is -2.71. The third-order valence-corrected chi connectivity index (χ3v) is 7.90. The zero-order valence-corrected chi connectivity index (χ0v) is 19.3. The molecule has 2 fully saturated rings. The van der Waals surface area contributed by atoms with E-state index in [2.05, 4.69) is 34.9 Å². The lowest BCUT2D eigenvalue weighted by Gasteiger charge is -2.59. The van der Waals surface area contributed by atoms with Crippen molar-refractivity contribution >= 4 is 18.0 Å². The number of ether oxygens (including phenoxy) is 1. The van der Waals surface area contributed by atoms with Gasteiger partial charge in [0.2, 0.25) is 5.91 Å².